The van der Waals surface area contributed by atoms with Crippen LogP contribution in [-0.2, 0) is 0 Å². The van der Waals surface area contributed by atoms with Gasteiger partial charge in [0, 0.05) is 0 Å². The molecule has 2 bridgehead atoms. The molecule has 2 saturated carbocycles. The van der Waals surface area contributed by atoms with Crippen LogP contribution >= 0.6 is 0 Å². The van der Waals surface area contributed by atoms with Crippen LogP contribution in [-0.4, -0.2) is 11.1 Å². The molecule has 3 aromatic rings. The van der Waals surface area contributed by atoms with Crippen molar-refractivity contribution in [3.05, 3.63) is 71.8 Å². The van der Waals surface area contributed by atoms with Gasteiger partial charge in [0.15, 0.2) is 0 Å². The zero-order valence-corrected chi connectivity index (χ0v) is 17.0. The summed E-state index contributed by atoms with van der Waals surface area (Å²) in [6.07, 6.45) is 6.96. The van der Waals surface area contributed by atoms with Crippen molar-refractivity contribution in [3.8, 4) is 11.1 Å². The second-order valence-corrected chi connectivity index (χ2v) is 9.33. The molecule has 1 N–H and O–H groups in total. The zero-order valence-electron chi connectivity index (χ0n) is 17.0. The summed E-state index contributed by atoms with van der Waals surface area (Å²) in [5.74, 6) is 2.50. The van der Waals surface area contributed by atoms with Crippen molar-refractivity contribution < 1.29 is 9.90 Å². The number of carboxylic acid groups (broad SMARTS) is 1. The molecule has 0 spiro atoms. The Labute approximate surface area is 172 Å². The summed E-state index contributed by atoms with van der Waals surface area (Å²) >= 11 is 0. The van der Waals surface area contributed by atoms with E-state index in [4.69, 9.17) is 0 Å². The largest absolute Gasteiger partial charge is 0.478 e. The first-order valence-electron chi connectivity index (χ1n) is 10.9. The molecule has 4 unspecified atom stereocenters. The number of benzene rings is 3. The third kappa shape index (κ3) is 3.57. The van der Waals surface area contributed by atoms with Gasteiger partial charge < -0.3 is 5.11 Å². The van der Waals surface area contributed by atoms with Crippen LogP contribution in [0.2, 0.25) is 0 Å². The fourth-order valence-electron chi connectivity index (χ4n) is 5.96. The van der Waals surface area contributed by atoms with E-state index in [0.29, 0.717) is 11.5 Å². The van der Waals surface area contributed by atoms with Gasteiger partial charge in [-0.2, -0.15) is 0 Å². The molecule has 2 nitrogen and oxygen atoms in total. The predicted octanol–water partition coefficient (Wildman–Crippen LogP) is 7.13. The molecule has 0 aliphatic heterocycles. The van der Waals surface area contributed by atoms with Crippen molar-refractivity contribution in [1.29, 1.82) is 0 Å². The van der Waals surface area contributed by atoms with Crippen molar-refractivity contribution in [3.63, 3.8) is 0 Å². The smallest absolute Gasteiger partial charge is 0.335 e. The Morgan fingerprint density at radius 1 is 0.862 bits per heavy atom. The van der Waals surface area contributed by atoms with Crippen LogP contribution in [0.15, 0.2) is 60.7 Å². The van der Waals surface area contributed by atoms with E-state index in [0.717, 1.165) is 28.5 Å². The first-order chi connectivity index (χ1) is 14.1. The van der Waals surface area contributed by atoms with Crippen LogP contribution in [0, 0.1) is 17.8 Å². The van der Waals surface area contributed by atoms with Gasteiger partial charge in [-0.1, -0.05) is 49.4 Å². The number of aromatic carboxylic acids is 1. The van der Waals surface area contributed by atoms with E-state index < -0.39 is 5.97 Å². The Balaban J connectivity index is 1.46. The van der Waals surface area contributed by atoms with E-state index in [-0.39, 0.29) is 0 Å². The fourth-order valence-corrected chi connectivity index (χ4v) is 5.96. The second kappa shape index (κ2) is 7.33. The minimum absolute atomic E-state index is 0.338. The average molecular weight is 385 g/mol. The van der Waals surface area contributed by atoms with E-state index in [1.165, 1.54) is 48.8 Å². The van der Waals surface area contributed by atoms with Gasteiger partial charge in [0.1, 0.15) is 0 Å². The van der Waals surface area contributed by atoms with Crippen LogP contribution < -0.4 is 0 Å². The van der Waals surface area contributed by atoms with Crippen LogP contribution in [0.4, 0.5) is 0 Å². The maximum Gasteiger partial charge on any atom is 0.335 e. The molecule has 5 rings (SSSR count). The van der Waals surface area contributed by atoms with Gasteiger partial charge in [-0.3, -0.25) is 0 Å². The molecular formula is C27H28O2. The summed E-state index contributed by atoms with van der Waals surface area (Å²) < 4.78 is 0. The van der Waals surface area contributed by atoms with E-state index in [1.807, 2.05) is 12.1 Å². The number of rotatable bonds is 3. The second-order valence-electron chi connectivity index (χ2n) is 9.33. The van der Waals surface area contributed by atoms with Gasteiger partial charge in [-0.15, -0.1) is 0 Å². The van der Waals surface area contributed by atoms with Gasteiger partial charge >= 0.3 is 5.97 Å². The van der Waals surface area contributed by atoms with Crippen molar-refractivity contribution in [1.82, 2.24) is 0 Å². The molecule has 2 heteroatoms. The molecule has 0 radical (unpaired) electrons. The number of hydrogen-bond donors (Lipinski definition) is 1. The molecule has 2 fully saturated rings. The summed E-state index contributed by atoms with van der Waals surface area (Å²) in [7, 11) is 0. The lowest BCUT2D eigenvalue weighted by Crippen LogP contribution is -2.30. The first-order valence-corrected chi connectivity index (χ1v) is 10.9. The minimum Gasteiger partial charge on any atom is -0.478 e. The summed E-state index contributed by atoms with van der Waals surface area (Å²) in [4.78, 5) is 11.2. The van der Waals surface area contributed by atoms with Crippen LogP contribution in [0.3, 0.4) is 0 Å². The maximum absolute atomic E-state index is 11.2. The SMILES string of the molecule is CC1CC2CCC(c3cccc(-c4ccc5cc(C(=O)O)ccc5c4)c3)C(C1)C2. The Bertz CT molecular complexity index is 1070. The molecule has 2 aliphatic carbocycles. The van der Waals surface area contributed by atoms with Gasteiger partial charge in [-0.05, 0) is 101 Å². The Morgan fingerprint density at radius 3 is 2.52 bits per heavy atom. The highest BCUT2D eigenvalue weighted by Crippen LogP contribution is 2.49. The molecule has 29 heavy (non-hydrogen) atoms. The third-order valence-electron chi connectivity index (χ3n) is 7.27. The Hall–Kier alpha value is -2.61. The number of carboxylic acids is 1. The Kier molecular flexibility index (Phi) is 4.66. The maximum atomic E-state index is 11.2. The summed E-state index contributed by atoms with van der Waals surface area (Å²) in [6.45, 7) is 2.43. The van der Waals surface area contributed by atoms with E-state index >= 15 is 0 Å². The molecule has 0 saturated heterocycles. The number of hydrogen-bond acceptors (Lipinski definition) is 1. The minimum atomic E-state index is -0.879. The molecule has 2 aliphatic rings. The quantitative estimate of drug-likeness (QED) is 0.521. The first kappa shape index (κ1) is 18.4. The molecule has 0 amide bonds. The van der Waals surface area contributed by atoms with Crippen molar-refractivity contribution >= 4 is 16.7 Å². The highest BCUT2D eigenvalue weighted by Gasteiger charge is 2.36. The van der Waals surface area contributed by atoms with Crippen LogP contribution in [0.25, 0.3) is 21.9 Å². The molecule has 0 aromatic heterocycles. The lowest BCUT2D eigenvalue weighted by Gasteiger charge is -2.43. The van der Waals surface area contributed by atoms with E-state index in [2.05, 4.69) is 43.3 Å². The monoisotopic (exact) mass is 384 g/mol. The molecule has 0 heterocycles. The van der Waals surface area contributed by atoms with Crippen LogP contribution in [0.5, 0.6) is 0 Å². The van der Waals surface area contributed by atoms with Gasteiger partial charge in [0.05, 0.1) is 5.56 Å². The average Bonchev–Trinajstić information content (AvgIpc) is 2.73. The standard InChI is InChI=1S/C27H28O2/c1-17-11-18-5-10-26(25(12-17)13-18)23-4-2-3-19(15-23)20-6-7-22-16-24(27(28)29)9-8-21(22)14-20/h2-4,6-9,14-18,25-26H,5,10-13H2,1H3,(H,28,29). The van der Waals surface area contributed by atoms with Crippen molar-refractivity contribution in [2.24, 2.45) is 17.8 Å². The Morgan fingerprint density at radius 2 is 1.66 bits per heavy atom. The highest BCUT2D eigenvalue weighted by atomic mass is 16.4. The van der Waals surface area contributed by atoms with Gasteiger partial charge in [0.2, 0.25) is 0 Å². The lowest BCUT2D eigenvalue weighted by molar-refractivity contribution is 0.0697. The zero-order chi connectivity index (χ0) is 20.0. The molecule has 3 aromatic carbocycles. The summed E-state index contributed by atoms with van der Waals surface area (Å²) in [5.41, 5.74) is 4.30. The molecule has 4 atom stereocenters. The fraction of sp³-hybridized carbons (Fsp3) is 0.370. The van der Waals surface area contributed by atoms with Gasteiger partial charge in [-0.25, -0.2) is 4.79 Å². The molecule has 148 valence electrons. The van der Waals surface area contributed by atoms with Crippen LogP contribution in [0.1, 0.15) is 60.9 Å². The topological polar surface area (TPSA) is 37.3 Å². The predicted molar refractivity (Wildman–Crippen MR) is 118 cm³/mol. The van der Waals surface area contributed by atoms with Gasteiger partial charge in [0.25, 0.3) is 0 Å². The molecular weight excluding hydrogens is 356 g/mol. The summed E-state index contributed by atoms with van der Waals surface area (Å²) in [5, 5.41) is 11.3. The lowest BCUT2D eigenvalue weighted by atomic mass is 9.62. The normalized spacial score (nSPS) is 26.4. The highest BCUT2D eigenvalue weighted by molar-refractivity contribution is 5.95. The van der Waals surface area contributed by atoms with E-state index in [1.54, 1.807) is 12.1 Å². The third-order valence-corrected chi connectivity index (χ3v) is 7.27. The van der Waals surface area contributed by atoms with Crippen molar-refractivity contribution in [2.75, 3.05) is 0 Å². The number of fused-ring (bicyclic) bond motifs is 3. The van der Waals surface area contributed by atoms with E-state index in [9.17, 15) is 9.90 Å². The van der Waals surface area contributed by atoms with Crippen molar-refractivity contribution in [2.45, 2.75) is 44.9 Å². The summed E-state index contributed by atoms with van der Waals surface area (Å²) in [6, 6.07) is 20.8. The number of carbonyl (C=O) groups is 1.